The third-order valence-corrected chi connectivity index (χ3v) is 9.21. The number of hydrogen-bond acceptors (Lipinski definition) is 2. The summed E-state index contributed by atoms with van der Waals surface area (Å²) in [5.41, 5.74) is 7.84. The van der Waals surface area contributed by atoms with Gasteiger partial charge in [0.25, 0.3) is 0 Å². The van der Waals surface area contributed by atoms with Crippen LogP contribution in [-0.2, 0) is 0 Å². The molecule has 182 valence electrons. The van der Waals surface area contributed by atoms with Crippen molar-refractivity contribution < 1.29 is 4.42 Å². The molecule has 0 aliphatic rings. The molecule has 3 heterocycles. The molecule has 0 saturated carbocycles. The third kappa shape index (κ3) is 2.91. The van der Waals surface area contributed by atoms with Gasteiger partial charge < -0.3 is 8.98 Å². The summed E-state index contributed by atoms with van der Waals surface area (Å²) >= 11 is 1.87. The van der Waals surface area contributed by atoms with Gasteiger partial charge in [0, 0.05) is 31.6 Å². The van der Waals surface area contributed by atoms with Crippen LogP contribution in [0.1, 0.15) is 0 Å². The van der Waals surface area contributed by atoms with E-state index in [1.165, 1.54) is 47.9 Å². The molecule has 0 amide bonds. The van der Waals surface area contributed by atoms with E-state index in [9.17, 15) is 0 Å². The lowest BCUT2D eigenvalue weighted by atomic mass is 10.0. The summed E-state index contributed by atoms with van der Waals surface area (Å²) in [5, 5.41) is 7.29. The third-order valence-electron chi connectivity index (χ3n) is 8.01. The number of furan rings is 1. The van der Waals surface area contributed by atoms with Gasteiger partial charge in [-0.3, -0.25) is 0 Å². The molecule has 0 aliphatic heterocycles. The summed E-state index contributed by atoms with van der Waals surface area (Å²) in [5.74, 6) is 0. The largest absolute Gasteiger partial charge is 0.455 e. The number of fused-ring (bicyclic) bond motifs is 10. The average molecular weight is 516 g/mol. The number of nitrogens with zero attached hydrogens (tertiary/aromatic N) is 1. The van der Waals surface area contributed by atoms with E-state index in [0.29, 0.717) is 0 Å². The number of benzene rings is 6. The molecule has 0 bridgehead atoms. The molecule has 2 nitrogen and oxygen atoms in total. The minimum Gasteiger partial charge on any atom is -0.455 e. The zero-order valence-corrected chi connectivity index (χ0v) is 21.7. The Morgan fingerprint density at radius 2 is 1.28 bits per heavy atom. The van der Waals surface area contributed by atoms with Crippen LogP contribution in [0.15, 0.2) is 132 Å². The molecule has 9 rings (SSSR count). The molecule has 0 atom stereocenters. The van der Waals surface area contributed by atoms with Crippen molar-refractivity contribution in [2.75, 3.05) is 0 Å². The van der Waals surface area contributed by atoms with Gasteiger partial charge in [0.2, 0.25) is 0 Å². The van der Waals surface area contributed by atoms with Crippen LogP contribution >= 0.6 is 11.3 Å². The Morgan fingerprint density at radius 3 is 2.21 bits per heavy atom. The fraction of sp³-hybridized carbons (Fsp3) is 0. The van der Waals surface area contributed by atoms with Crippen molar-refractivity contribution in [3.8, 4) is 16.8 Å². The van der Waals surface area contributed by atoms with E-state index in [-0.39, 0.29) is 0 Å². The van der Waals surface area contributed by atoms with E-state index < -0.39 is 0 Å². The first-order chi connectivity index (χ1) is 19.3. The van der Waals surface area contributed by atoms with E-state index >= 15 is 0 Å². The summed E-state index contributed by atoms with van der Waals surface area (Å²) < 4.78 is 11.6. The molecule has 0 radical (unpaired) electrons. The maximum Gasteiger partial charge on any atom is 0.145 e. The molecule has 3 aromatic heterocycles. The average Bonchev–Trinajstić information content (AvgIpc) is 3.66. The van der Waals surface area contributed by atoms with Crippen LogP contribution in [0.5, 0.6) is 0 Å². The molecule has 0 aliphatic carbocycles. The zero-order chi connectivity index (χ0) is 25.5. The fourth-order valence-corrected chi connectivity index (χ4v) is 7.47. The number of para-hydroxylation sites is 1. The zero-order valence-electron chi connectivity index (χ0n) is 20.9. The molecule has 0 spiro atoms. The van der Waals surface area contributed by atoms with Crippen molar-refractivity contribution in [3.63, 3.8) is 0 Å². The standard InChI is InChI=1S/C36H21NOS/c1-2-9-22(10-3-1)23-17-18-28-31(21-23)37(30-14-8-13-27-25-12-5-7-16-33(25)39-36(27)30)29-20-19-26-24-11-4-6-15-32(24)38-35(26)34(28)29/h1-21H. The summed E-state index contributed by atoms with van der Waals surface area (Å²) in [6.45, 7) is 0. The summed E-state index contributed by atoms with van der Waals surface area (Å²) in [7, 11) is 0. The number of aromatic nitrogens is 1. The van der Waals surface area contributed by atoms with Crippen LogP contribution < -0.4 is 0 Å². The van der Waals surface area contributed by atoms with Crippen molar-refractivity contribution >= 4 is 75.3 Å². The summed E-state index contributed by atoms with van der Waals surface area (Å²) in [6.07, 6.45) is 0. The lowest BCUT2D eigenvalue weighted by molar-refractivity contribution is 0.673. The highest BCUT2D eigenvalue weighted by atomic mass is 32.1. The van der Waals surface area contributed by atoms with Gasteiger partial charge in [-0.25, -0.2) is 0 Å². The van der Waals surface area contributed by atoms with Crippen molar-refractivity contribution in [1.82, 2.24) is 4.57 Å². The Balaban J connectivity index is 1.47. The minimum atomic E-state index is 0.924. The Morgan fingerprint density at radius 1 is 0.513 bits per heavy atom. The van der Waals surface area contributed by atoms with Crippen LogP contribution in [0.4, 0.5) is 0 Å². The van der Waals surface area contributed by atoms with Gasteiger partial charge in [0.1, 0.15) is 11.2 Å². The lowest BCUT2D eigenvalue weighted by Gasteiger charge is -2.10. The second-order valence-electron chi connectivity index (χ2n) is 10.1. The number of thiophene rings is 1. The maximum atomic E-state index is 6.56. The quantitative estimate of drug-likeness (QED) is 0.224. The molecule has 6 aromatic carbocycles. The number of rotatable bonds is 2. The minimum absolute atomic E-state index is 0.924. The lowest BCUT2D eigenvalue weighted by Crippen LogP contribution is -1.94. The monoisotopic (exact) mass is 515 g/mol. The maximum absolute atomic E-state index is 6.56. The van der Waals surface area contributed by atoms with Gasteiger partial charge in [-0.05, 0) is 47.5 Å². The molecule has 0 unspecified atom stereocenters. The van der Waals surface area contributed by atoms with E-state index in [1.807, 2.05) is 17.4 Å². The predicted molar refractivity (Wildman–Crippen MR) is 166 cm³/mol. The summed E-state index contributed by atoms with van der Waals surface area (Å²) in [6, 6.07) is 45.7. The van der Waals surface area contributed by atoms with Gasteiger partial charge >= 0.3 is 0 Å². The normalized spacial score (nSPS) is 12.1. The topological polar surface area (TPSA) is 18.1 Å². The van der Waals surface area contributed by atoms with E-state index in [1.54, 1.807) is 0 Å². The predicted octanol–water partition coefficient (Wildman–Crippen LogP) is 10.7. The molecular formula is C36H21NOS. The molecule has 0 saturated heterocycles. The van der Waals surface area contributed by atoms with Gasteiger partial charge in [-0.2, -0.15) is 0 Å². The van der Waals surface area contributed by atoms with Gasteiger partial charge in [-0.15, -0.1) is 11.3 Å². The van der Waals surface area contributed by atoms with Crippen LogP contribution in [-0.4, -0.2) is 4.57 Å². The van der Waals surface area contributed by atoms with Crippen molar-refractivity contribution in [3.05, 3.63) is 127 Å². The van der Waals surface area contributed by atoms with E-state index in [0.717, 1.165) is 32.8 Å². The first-order valence-corrected chi connectivity index (χ1v) is 14.0. The van der Waals surface area contributed by atoms with Gasteiger partial charge in [0.05, 0.1) is 26.8 Å². The first kappa shape index (κ1) is 21.1. The SMILES string of the molecule is c1ccc(-c2ccc3c4c5oc6ccccc6c5ccc4n(-c4cccc5c4sc4ccccc45)c3c2)cc1. The highest BCUT2D eigenvalue weighted by molar-refractivity contribution is 7.26. The Kier molecular flexibility index (Phi) is 4.24. The Hall–Kier alpha value is -4.86. The van der Waals surface area contributed by atoms with Crippen LogP contribution in [0.2, 0.25) is 0 Å². The molecule has 39 heavy (non-hydrogen) atoms. The van der Waals surface area contributed by atoms with Crippen molar-refractivity contribution in [2.45, 2.75) is 0 Å². The van der Waals surface area contributed by atoms with Crippen LogP contribution in [0.25, 0.3) is 80.7 Å². The van der Waals surface area contributed by atoms with Crippen molar-refractivity contribution in [1.29, 1.82) is 0 Å². The fourth-order valence-electron chi connectivity index (χ4n) is 6.26. The van der Waals surface area contributed by atoms with Gasteiger partial charge in [0.15, 0.2) is 0 Å². The Bertz CT molecular complexity index is 2390. The highest BCUT2D eigenvalue weighted by Crippen LogP contribution is 2.44. The smallest absolute Gasteiger partial charge is 0.145 e. The van der Waals surface area contributed by atoms with E-state index in [4.69, 9.17) is 4.42 Å². The second kappa shape index (κ2) is 7.83. The summed E-state index contributed by atoms with van der Waals surface area (Å²) in [4.78, 5) is 0. The van der Waals surface area contributed by atoms with Crippen molar-refractivity contribution in [2.24, 2.45) is 0 Å². The molecule has 0 N–H and O–H groups in total. The number of hydrogen-bond donors (Lipinski definition) is 0. The first-order valence-electron chi connectivity index (χ1n) is 13.2. The molecule has 0 fully saturated rings. The molecular weight excluding hydrogens is 494 g/mol. The van der Waals surface area contributed by atoms with E-state index in [2.05, 4.69) is 126 Å². The molecule has 9 aromatic rings. The van der Waals surface area contributed by atoms with Crippen LogP contribution in [0.3, 0.4) is 0 Å². The van der Waals surface area contributed by atoms with Gasteiger partial charge in [-0.1, -0.05) is 91.0 Å². The highest BCUT2D eigenvalue weighted by Gasteiger charge is 2.21. The molecule has 3 heteroatoms. The van der Waals surface area contributed by atoms with Crippen LogP contribution in [0, 0.1) is 0 Å². The second-order valence-corrected chi connectivity index (χ2v) is 11.2. The Labute approximate surface area is 227 Å².